The average Bonchev–Trinajstić information content (AvgIpc) is 2.64. The molecule has 0 amide bonds. The van der Waals surface area contributed by atoms with E-state index >= 15 is 0 Å². The second-order valence-corrected chi connectivity index (χ2v) is 7.98. The number of ether oxygens (including phenoxy) is 1. The Kier molecular flexibility index (Phi) is 20.4. The third kappa shape index (κ3) is 16.9. The molecule has 0 bridgehead atoms. The van der Waals surface area contributed by atoms with Crippen LogP contribution in [0.5, 0.6) is 0 Å². The van der Waals surface area contributed by atoms with Crippen LogP contribution in [0.4, 0.5) is 0 Å². The van der Waals surface area contributed by atoms with Crippen LogP contribution in [0.15, 0.2) is 0 Å². The first kappa shape index (κ1) is 25.5. The van der Waals surface area contributed by atoms with Crippen LogP contribution in [-0.2, 0) is 9.53 Å². The standard InChI is InChI=1S/C24H48O2/c1-4-7-9-10-11-12-13-14-15-16-17-18-19-20-22-23(21-8-5-2)24(25)26-6-3/h23H,4-22H2,1-3H3. The van der Waals surface area contributed by atoms with E-state index < -0.39 is 0 Å². The summed E-state index contributed by atoms with van der Waals surface area (Å²) in [7, 11) is 0. The topological polar surface area (TPSA) is 26.3 Å². The monoisotopic (exact) mass is 368 g/mol. The lowest BCUT2D eigenvalue weighted by atomic mass is 9.95. The van der Waals surface area contributed by atoms with Gasteiger partial charge < -0.3 is 4.74 Å². The smallest absolute Gasteiger partial charge is 0.308 e. The summed E-state index contributed by atoms with van der Waals surface area (Å²) in [5, 5.41) is 0. The van der Waals surface area contributed by atoms with E-state index in [4.69, 9.17) is 4.74 Å². The van der Waals surface area contributed by atoms with Gasteiger partial charge in [0.2, 0.25) is 0 Å². The van der Waals surface area contributed by atoms with Gasteiger partial charge in [-0.05, 0) is 19.8 Å². The fraction of sp³-hybridized carbons (Fsp3) is 0.958. The van der Waals surface area contributed by atoms with Crippen molar-refractivity contribution >= 4 is 5.97 Å². The average molecular weight is 369 g/mol. The molecule has 1 unspecified atom stereocenters. The second-order valence-electron chi connectivity index (χ2n) is 7.98. The van der Waals surface area contributed by atoms with E-state index in [-0.39, 0.29) is 11.9 Å². The highest BCUT2D eigenvalue weighted by Crippen LogP contribution is 2.20. The van der Waals surface area contributed by atoms with E-state index in [0.717, 1.165) is 25.7 Å². The molecule has 1 atom stereocenters. The van der Waals surface area contributed by atoms with Crippen LogP contribution in [0.2, 0.25) is 0 Å². The molecule has 0 aliphatic carbocycles. The highest BCUT2D eigenvalue weighted by Gasteiger charge is 2.18. The number of unbranched alkanes of at least 4 members (excludes halogenated alkanes) is 14. The Bertz CT molecular complexity index is 288. The summed E-state index contributed by atoms with van der Waals surface area (Å²) in [6.45, 7) is 6.89. The van der Waals surface area contributed by atoms with Crippen molar-refractivity contribution in [3.63, 3.8) is 0 Å². The molecule has 0 saturated carbocycles. The first-order valence-electron chi connectivity index (χ1n) is 11.9. The fourth-order valence-corrected chi connectivity index (χ4v) is 3.68. The minimum absolute atomic E-state index is 0.0376. The van der Waals surface area contributed by atoms with Crippen molar-refractivity contribution in [3.05, 3.63) is 0 Å². The van der Waals surface area contributed by atoms with E-state index in [9.17, 15) is 4.79 Å². The van der Waals surface area contributed by atoms with Gasteiger partial charge in [0.05, 0.1) is 12.5 Å². The summed E-state index contributed by atoms with van der Waals surface area (Å²) >= 11 is 0. The van der Waals surface area contributed by atoms with Gasteiger partial charge in [-0.3, -0.25) is 4.79 Å². The molecule has 0 aromatic rings. The molecule has 26 heavy (non-hydrogen) atoms. The summed E-state index contributed by atoms with van der Waals surface area (Å²) in [6.07, 6.45) is 23.7. The summed E-state index contributed by atoms with van der Waals surface area (Å²) in [6, 6.07) is 0. The lowest BCUT2D eigenvalue weighted by Gasteiger charge is -2.15. The van der Waals surface area contributed by atoms with Crippen LogP contribution in [-0.4, -0.2) is 12.6 Å². The molecule has 0 aromatic carbocycles. The van der Waals surface area contributed by atoms with Crippen molar-refractivity contribution < 1.29 is 9.53 Å². The third-order valence-corrected chi connectivity index (χ3v) is 5.43. The SMILES string of the molecule is CCCCCCCCCCCCCCCCC(CCCC)C(=O)OCC. The zero-order valence-electron chi connectivity index (χ0n) is 18.3. The Labute approximate surface area is 164 Å². The number of carbonyl (C=O) groups excluding carboxylic acids is 1. The molecule has 0 rings (SSSR count). The number of esters is 1. The second kappa shape index (κ2) is 20.8. The van der Waals surface area contributed by atoms with Crippen molar-refractivity contribution in [2.45, 2.75) is 136 Å². The van der Waals surface area contributed by atoms with Gasteiger partial charge in [0.15, 0.2) is 0 Å². The predicted molar refractivity (Wildman–Crippen MR) is 115 cm³/mol. The molecule has 0 saturated heterocycles. The Hall–Kier alpha value is -0.530. The highest BCUT2D eigenvalue weighted by molar-refractivity contribution is 5.72. The van der Waals surface area contributed by atoms with Crippen molar-refractivity contribution in [1.82, 2.24) is 0 Å². The molecule has 0 spiro atoms. The zero-order valence-corrected chi connectivity index (χ0v) is 18.3. The fourth-order valence-electron chi connectivity index (χ4n) is 3.68. The lowest BCUT2D eigenvalue weighted by molar-refractivity contribution is -0.148. The van der Waals surface area contributed by atoms with E-state index in [1.807, 2.05) is 6.92 Å². The molecule has 2 heteroatoms. The summed E-state index contributed by atoms with van der Waals surface area (Å²) in [5.41, 5.74) is 0. The number of hydrogen-bond donors (Lipinski definition) is 0. The molecule has 156 valence electrons. The molecule has 0 heterocycles. The molecule has 0 aliphatic heterocycles. The van der Waals surface area contributed by atoms with Crippen molar-refractivity contribution in [3.8, 4) is 0 Å². The number of carbonyl (C=O) groups is 1. The van der Waals surface area contributed by atoms with Crippen LogP contribution in [0.1, 0.15) is 136 Å². The first-order valence-corrected chi connectivity index (χ1v) is 11.9. The predicted octanol–water partition coefficient (Wildman–Crippen LogP) is 8.23. The van der Waals surface area contributed by atoms with Crippen molar-refractivity contribution in [1.29, 1.82) is 0 Å². The van der Waals surface area contributed by atoms with Gasteiger partial charge in [0.1, 0.15) is 0 Å². The van der Waals surface area contributed by atoms with Gasteiger partial charge in [0, 0.05) is 0 Å². The Morgan fingerprint density at radius 1 is 0.577 bits per heavy atom. The van der Waals surface area contributed by atoms with Crippen LogP contribution < -0.4 is 0 Å². The Morgan fingerprint density at radius 2 is 0.962 bits per heavy atom. The van der Waals surface area contributed by atoms with E-state index in [1.165, 1.54) is 89.9 Å². The lowest BCUT2D eigenvalue weighted by Crippen LogP contribution is -2.17. The maximum absolute atomic E-state index is 12.0. The van der Waals surface area contributed by atoms with Crippen molar-refractivity contribution in [2.75, 3.05) is 6.61 Å². The maximum atomic E-state index is 12.0. The van der Waals surface area contributed by atoms with Gasteiger partial charge in [-0.2, -0.15) is 0 Å². The Balaban J connectivity index is 3.43. The van der Waals surface area contributed by atoms with Crippen LogP contribution in [0, 0.1) is 5.92 Å². The molecule has 0 N–H and O–H groups in total. The van der Waals surface area contributed by atoms with Gasteiger partial charge in [-0.15, -0.1) is 0 Å². The zero-order chi connectivity index (χ0) is 19.3. The largest absolute Gasteiger partial charge is 0.466 e. The minimum atomic E-state index is 0.0376. The summed E-state index contributed by atoms with van der Waals surface area (Å²) in [4.78, 5) is 12.0. The first-order chi connectivity index (χ1) is 12.8. The summed E-state index contributed by atoms with van der Waals surface area (Å²) < 4.78 is 5.23. The van der Waals surface area contributed by atoms with Gasteiger partial charge in [-0.25, -0.2) is 0 Å². The van der Waals surface area contributed by atoms with Gasteiger partial charge >= 0.3 is 5.97 Å². The number of hydrogen-bond acceptors (Lipinski definition) is 2. The summed E-state index contributed by atoms with van der Waals surface area (Å²) in [5.74, 6) is 0.183. The number of rotatable bonds is 20. The third-order valence-electron chi connectivity index (χ3n) is 5.43. The van der Waals surface area contributed by atoms with E-state index in [2.05, 4.69) is 13.8 Å². The molecule has 0 fully saturated rings. The quantitative estimate of drug-likeness (QED) is 0.160. The van der Waals surface area contributed by atoms with Crippen LogP contribution in [0.3, 0.4) is 0 Å². The molecule has 0 aromatic heterocycles. The minimum Gasteiger partial charge on any atom is -0.466 e. The van der Waals surface area contributed by atoms with E-state index in [1.54, 1.807) is 0 Å². The maximum Gasteiger partial charge on any atom is 0.308 e. The normalized spacial score (nSPS) is 12.3. The van der Waals surface area contributed by atoms with Crippen LogP contribution >= 0.6 is 0 Å². The molecular formula is C24H48O2. The highest BCUT2D eigenvalue weighted by atomic mass is 16.5. The molecule has 0 radical (unpaired) electrons. The van der Waals surface area contributed by atoms with Crippen molar-refractivity contribution in [2.24, 2.45) is 5.92 Å². The van der Waals surface area contributed by atoms with Gasteiger partial charge in [0.25, 0.3) is 0 Å². The molecule has 2 nitrogen and oxygen atoms in total. The van der Waals surface area contributed by atoms with Crippen LogP contribution in [0.25, 0.3) is 0 Å². The molecule has 0 aliphatic rings. The van der Waals surface area contributed by atoms with E-state index in [0.29, 0.717) is 6.61 Å². The Morgan fingerprint density at radius 3 is 1.38 bits per heavy atom. The van der Waals surface area contributed by atoms with Gasteiger partial charge in [-0.1, -0.05) is 117 Å². The molecular weight excluding hydrogens is 320 g/mol.